The zero-order valence-corrected chi connectivity index (χ0v) is 15.0. The summed E-state index contributed by atoms with van der Waals surface area (Å²) in [6.07, 6.45) is -0.277. The molecular formula is C20H19FN2O5. The Morgan fingerprint density at radius 2 is 1.68 bits per heavy atom. The maximum absolute atomic E-state index is 13.5. The lowest BCUT2D eigenvalue weighted by atomic mass is 10.1. The minimum Gasteiger partial charge on any atom is -0.486 e. The van der Waals surface area contributed by atoms with Crippen molar-refractivity contribution in [3.8, 4) is 11.5 Å². The highest BCUT2D eigenvalue weighted by Gasteiger charge is 2.15. The van der Waals surface area contributed by atoms with Gasteiger partial charge in [-0.05, 0) is 24.3 Å². The number of amides is 2. The number of fused-ring (bicyclic) bond motifs is 1. The Morgan fingerprint density at radius 1 is 0.929 bits per heavy atom. The van der Waals surface area contributed by atoms with Gasteiger partial charge >= 0.3 is 0 Å². The van der Waals surface area contributed by atoms with E-state index in [0.29, 0.717) is 30.4 Å². The van der Waals surface area contributed by atoms with Crippen LogP contribution >= 0.6 is 0 Å². The van der Waals surface area contributed by atoms with E-state index < -0.39 is 23.4 Å². The summed E-state index contributed by atoms with van der Waals surface area (Å²) in [5, 5.41) is 5.07. The molecule has 2 aromatic rings. The third kappa shape index (κ3) is 5.06. The summed E-state index contributed by atoms with van der Waals surface area (Å²) in [6, 6.07) is 10.6. The third-order valence-electron chi connectivity index (χ3n) is 4.03. The average molecular weight is 386 g/mol. The number of carbonyl (C=O) groups excluding carboxylic acids is 3. The number of nitrogens with one attached hydrogen (secondary N) is 2. The molecule has 2 aromatic carbocycles. The lowest BCUT2D eigenvalue weighted by molar-refractivity contribution is -0.124. The number of hydrogen-bond donors (Lipinski definition) is 2. The molecule has 0 saturated heterocycles. The van der Waals surface area contributed by atoms with Crippen LogP contribution in [0.2, 0.25) is 0 Å². The molecule has 2 amide bonds. The van der Waals surface area contributed by atoms with Crippen molar-refractivity contribution in [2.75, 3.05) is 25.1 Å². The molecule has 2 N–H and O–H groups in total. The van der Waals surface area contributed by atoms with Crippen molar-refractivity contribution in [3.05, 3.63) is 53.8 Å². The van der Waals surface area contributed by atoms with Crippen LogP contribution in [-0.4, -0.2) is 37.4 Å². The summed E-state index contributed by atoms with van der Waals surface area (Å²) in [4.78, 5) is 35.8. The standard InChI is InChI=1S/C20H19FN2O5/c21-15-4-2-1-3-14(15)16(24)6-8-19(25)22-12-20(26)23-13-5-7-17-18(11-13)28-10-9-27-17/h1-5,7,11H,6,8-10,12H2,(H,22,25)(H,23,26). The summed E-state index contributed by atoms with van der Waals surface area (Å²) >= 11 is 0. The van der Waals surface area contributed by atoms with Gasteiger partial charge in [-0.15, -0.1) is 0 Å². The van der Waals surface area contributed by atoms with Gasteiger partial charge in [0.25, 0.3) is 0 Å². The van der Waals surface area contributed by atoms with Gasteiger partial charge in [0.05, 0.1) is 12.1 Å². The van der Waals surface area contributed by atoms with Crippen LogP contribution in [0, 0.1) is 5.82 Å². The molecule has 1 heterocycles. The van der Waals surface area contributed by atoms with E-state index in [1.807, 2.05) is 0 Å². The molecule has 8 heteroatoms. The number of carbonyl (C=O) groups is 3. The summed E-state index contributed by atoms with van der Waals surface area (Å²) in [5.74, 6) is -0.829. The maximum Gasteiger partial charge on any atom is 0.243 e. The van der Waals surface area contributed by atoms with Crippen LogP contribution in [0.1, 0.15) is 23.2 Å². The highest BCUT2D eigenvalue weighted by atomic mass is 19.1. The van der Waals surface area contributed by atoms with Crippen molar-refractivity contribution in [2.45, 2.75) is 12.8 Å². The SMILES string of the molecule is O=C(CCC(=O)c1ccccc1F)NCC(=O)Nc1ccc2c(c1)OCCO2. The summed E-state index contributed by atoms with van der Waals surface area (Å²) in [5.41, 5.74) is 0.463. The second-order valence-electron chi connectivity index (χ2n) is 6.09. The molecule has 28 heavy (non-hydrogen) atoms. The first kappa shape index (κ1) is 19.3. The summed E-state index contributed by atoms with van der Waals surface area (Å²) in [7, 11) is 0. The fourth-order valence-corrected chi connectivity index (χ4v) is 2.64. The van der Waals surface area contributed by atoms with Crippen LogP contribution in [-0.2, 0) is 9.59 Å². The van der Waals surface area contributed by atoms with E-state index in [-0.39, 0.29) is 24.9 Å². The number of ketones is 1. The minimum atomic E-state index is -0.619. The molecule has 0 saturated carbocycles. The van der Waals surface area contributed by atoms with E-state index in [2.05, 4.69) is 10.6 Å². The van der Waals surface area contributed by atoms with E-state index in [4.69, 9.17) is 9.47 Å². The normalized spacial score (nSPS) is 12.2. The van der Waals surface area contributed by atoms with Crippen molar-refractivity contribution in [3.63, 3.8) is 0 Å². The molecule has 3 rings (SSSR count). The van der Waals surface area contributed by atoms with Crippen LogP contribution in [0.3, 0.4) is 0 Å². The average Bonchev–Trinajstić information content (AvgIpc) is 2.70. The number of rotatable bonds is 7. The molecule has 0 fully saturated rings. The summed E-state index contributed by atoms with van der Waals surface area (Å²) < 4.78 is 24.4. The number of ether oxygens (including phenoxy) is 2. The van der Waals surface area contributed by atoms with Crippen molar-refractivity contribution >= 4 is 23.3 Å². The zero-order chi connectivity index (χ0) is 19.9. The molecule has 0 aromatic heterocycles. The van der Waals surface area contributed by atoms with Crippen molar-refractivity contribution < 1.29 is 28.2 Å². The molecule has 0 unspecified atom stereocenters. The predicted octanol–water partition coefficient (Wildman–Crippen LogP) is 2.31. The number of benzene rings is 2. The van der Waals surface area contributed by atoms with Crippen molar-refractivity contribution in [2.24, 2.45) is 0 Å². The summed E-state index contributed by atoms with van der Waals surface area (Å²) in [6.45, 7) is 0.664. The number of Topliss-reactive ketones (excluding diaryl/α,β-unsaturated/α-hetero) is 1. The second kappa shape index (κ2) is 8.98. The van der Waals surface area contributed by atoms with Gasteiger partial charge in [-0.3, -0.25) is 14.4 Å². The fraction of sp³-hybridized carbons (Fsp3) is 0.250. The largest absolute Gasteiger partial charge is 0.486 e. The Morgan fingerprint density at radius 3 is 2.46 bits per heavy atom. The maximum atomic E-state index is 13.5. The van der Waals surface area contributed by atoms with Gasteiger partial charge in [0, 0.05) is 24.6 Å². The van der Waals surface area contributed by atoms with Gasteiger partial charge in [-0.1, -0.05) is 12.1 Å². The highest BCUT2D eigenvalue weighted by Crippen LogP contribution is 2.32. The first-order valence-corrected chi connectivity index (χ1v) is 8.77. The lowest BCUT2D eigenvalue weighted by Crippen LogP contribution is -2.33. The molecule has 7 nitrogen and oxygen atoms in total. The molecule has 0 bridgehead atoms. The molecule has 0 spiro atoms. The van der Waals surface area contributed by atoms with E-state index in [1.165, 1.54) is 18.2 Å². The zero-order valence-electron chi connectivity index (χ0n) is 15.0. The number of halogens is 1. The second-order valence-corrected chi connectivity index (χ2v) is 6.09. The Kier molecular flexibility index (Phi) is 6.21. The third-order valence-corrected chi connectivity index (χ3v) is 4.03. The molecule has 0 radical (unpaired) electrons. The van der Waals surface area contributed by atoms with Gasteiger partial charge < -0.3 is 20.1 Å². The van der Waals surface area contributed by atoms with Crippen molar-refractivity contribution in [1.82, 2.24) is 5.32 Å². The smallest absolute Gasteiger partial charge is 0.243 e. The van der Waals surface area contributed by atoms with E-state index >= 15 is 0 Å². The fourth-order valence-electron chi connectivity index (χ4n) is 2.64. The molecule has 0 aliphatic carbocycles. The molecule has 1 aliphatic rings. The van der Waals surface area contributed by atoms with Crippen LogP contribution in [0.4, 0.5) is 10.1 Å². The van der Waals surface area contributed by atoms with Gasteiger partial charge in [0.2, 0.25) is 11.8 Å². The Labute approximate surface area is 160 Å². The van der Waals surface area contributed by atoms with Crippen LogP contribution in [0.5, 0.6) is 11.5 Å². The first-order chi connectivity index (χ1) is 13.5. The topological polar surface area (TPSA) is 93.7 Å². The Balaban J connectivity index is 1.42. The number of hydrogen-bond acceptors (Lipinski definition) is 5. The highest BCUT2D eigenvalue weighted by molar-refractivity contribution is 5.99. The van der Waals surface area contributed by atoms with E-state index in [9.17, 15) is 18.8 Å². The van der Waals surface area contributed by atoms with Gasteiger partial charge in [-0.25, -0.2) is 4.39 Å². The first-order valence-electron chi connectivity index (χ1n) is 8.77. The Bertz CT molecular complexity index is 900. The van der Waals surface area contributed by atoms with Gasteiger partial charge in [0.1, 0.15) is 19.0 Å². The molecular weight excluding hydrogens is 367 g/mol. The van der Waals surface area contributed by atoms with Crippen LogP contribution < -0.4 is 20.1 Å². The van der Waals surface area contributed by atoms with E-state index in [0.717, 1.165) is 0 Å². The Hall–Kier alpha value is -3.42. The van der Waals surface area contributed by atoms with Gasteiger partial charge in [0.15, 0.2) is 17.3 Å². The molecule has 0 atom stereocenters. The molecule has 1 aliphatic heterocycles. The molecule has 146 valence electrons. The van der Waals surface area contributed by atoms with Crippen LogP contribution in [0.15, 0.2) is 42.5 Å². The quantitative estimate of drug-likeness (QED) is 0.713. The minimum absolute atomic E-state index is 0.0494. The van der Waals surface area contributed by atoms with Crippen LogP contribution in [0.25, 0.3) is 0 Å². The predicted molar refractivity (Wildman–Crippen MR) is 99.0 cm³/mol. The van der Waals surface area contributed by atoms with Crippen molar-refractivity contribution in [1.29, 1.82) is 0 Å². The monoisotopic (exact) mass is 386 g/mol. The van der Waals surface area contributed by atoms with Gasteiger partial charge in [-0.2, -0.15) is 0 Å². The number of anilines is 1. The lowest BCUT2D eigenvalue weighted by Gasteiger charge is -2.19. The van der Waals surface area contributed by atoms with E-state index in [1.54, 1.807) is 24.3 Å².